The van der Waals surface area contributed by atoms with Crippen molar-refractivity contribution in [3.63, 3.8) is 0 Å². The van der Waals surface area contributed by atoms with Gasteiger partial charge >= 0.3 is 6.03 Å². The highest BCUT2D eigenvalue weighted by Crippen LogP contribution is 2.39. The van der Waals surface area contributed by atoms with Crippen molar-refractivity contribution in [1.29, 1.82) is 0 Å². The number of nitrogens with one attached hydrogen (secondary N) is 2. The van der Waals surface area contributed by atoms with Crippen LogP contribution in [0.2, 0.25) is 0 Å². The van der Waals surface area contributed by atoms with Crippen LogP contribution in [0.3, 0.4) is 0 Å². The van der Waals surface area contributed by atoms with Crippen LogP contribution in [0, 0.1) is 5.92 Å². The highest BCUT2D eigenvalue weighted by Gasteiger charge is 2.42. The summed E-state index contributed by atoms with van der Waals surface area (Å²) >= 11 is 0. The van der Waals surface area contributed by atoms with E-state index in [0.29, 0.717) is 12.5 Å². The van der Waals surface area contributed by atoms with Gasteiger partial charge in [0.1, 0.15) is 5.75 Å². The Labute approximate surface area is 138 Å². The molecule has 1 aliphatic carbocycles. The van der Waals surface area contributed by atoms with E-state index in [0.717, 1.165) is 30.6 Å². The van der Waals surface area contributed by atoms with Gasteiger partial charge in [-0.1, -0.05) is 12.1 Å². The number of aliphatic hydroxyl groups excluding tert-OH is 1. The average Bonchev–Trinajstić information content (AvgIpc) is 3.33. The quantitative estimate of drug-likeness (QED) is 0.689. The van der Waals surface area contributed by atoms with Gasteiger partial charge in [-0.2, -0.15) is 0 Å². The molecule has 1 aromatic rings. The predicted molar refractivity (Wildman–Crippen MR) is 90.7 cm³/mol. The molecule has 5 heteroatoms. The summed E-state index contributed by atoms with van der Waals surface area (Å²) in [6, 6.07) is 7.71. The number of amides is 2. The zero-order valence-electron chi connectivity index (χ0n) is 14.3. The van der Waals surface area contributed by atoms with Crippen LogP contribution in [0.4, 0.5) is 4.79 Å². The van der Waals surface area contributed by atoms with Crippen LogP contribution >= 0.6 is 0 Å². The summed E-state index contributed by atoms with van der Waals surface area (Å²) in [6.45, 7) is 6.43. The first-order valence-electron chi connectivity index (χ1n) is 8.35. The van der Waals surface area contributed by atoms with Gasteiger partial charge in [-0.15, -0.1) is 0 Å². The Balaban J connectivity index is 1.72. The number of hydrogen-bond acceptors (Lipinski definition) is 3. The molecule has 0 heterocycles. The summed E-state index contributed by atoms with van der Waals surface area (Å²) in [6.07, 6.45) is 3.07. The van der Waals surface area contributed by atoms with E-state index < -0.39 is 5.54 Å². The summed E-state index contributed by atoms with van der Waals surface area (Å²) < 4.78 is 5.60. The van der Waals surface area contributed by atoms with Gasteiger partial charge in [-0.05, 0) is 63.6 Å². The molecule has 0 bridgehead atoms. The van der Waals surface area contributed by atoms with E-state index in [2.05, 4.69) is 10.6 Å². The first-order chi connectivity index (χ1) is 10.9. The van der Waals surface area contributed by atoms with E-state index in [1.807, 2.05) is 45.0 Å². The summed E-state index contributed by atoms with van der Waals surface area (Å²) in [7, 11) is 0. The Kier molecular flexibility index (Phi) is 5.88. The fraction of sp³-hybridized carbons (Fsp3) is 0.611. The minimum absolute atomic E-state index is 0.0254. The lowest BCUT2D eigenvalue weighted by Crippen LogP contribution is -2.54. The maximum Gasteiger partial charge on any atom is 0.315 e. The average molecular weight is 320 g/mol. The molecule has 2 rings (SSSR count). The number of carbonyl (C=O) groups excluding carboxylic acids is 1. The molecule has 1 saturated carbocycles. The lowest BCUT2D eigenvalue weighted by atomic mass is 9.97. The molecule has 0 aliphatic heterocycles. The van der Waals surface area contributed by atoms with Crippen LogP contribution in [0.1, 0.15) is 39.2 Å². The van der Waals surface area contributed by atoms with Crippen molar-refractivity contribution in [2.75, 3.05) is 13.2 Å². The molecular weight excluding hydrogens is 292 g/mol. The summed E-state index contributed by atoms with van der Waals surface area (Å²) in [5.74, 6) is 1.25. The molecule has 128 valence electrons. The van der Waals surface area contributed by atoms with E-state index in [1.54, 1.807) is 0 Å². The first-order valence-corrected chi connectivity index (χ1v) is 8.35. The normalized spacial score (nSPS) is 16.7. The Morgan fingerprint density at radius 2 is 2.00 bits per heavy atom. The smallest absolute Gasteiger partial charge is 0.315 e. The van der Waals surface area contributed by atoms with Gasteiger partial charge in [0.25, 0.3) is 0 Å². The van der Waals surface area contributed by atoms with E-state index >= 15 is 0 Å². The van der Waals surface area contributed by atoms with Gasteiger partial charge in [-0.25, -0.2) is 4.79 Å². The van der Waals surface area contributed by atoms with Crippen LogP contribution < -0.4 is 15.4 Å². The summed E-state index contributed by atoms with van der Waals surface area (Å²) in [5.41, 5.74) is 0.647. The summed E-state index contributed by atoms with van der Waals surface area (Å²) in [4.78, 5) is 12.0. The summed E-state index contributed by atoms with van der Waals surface area (Å²) in [5, 5.41) is 15.2. The third-order valence-corrected chi connectivity index (χ3v) is 4.20. The van der Waals surface area contributed by atoms with Crippen molar-refractivity contribution >= 4 is 6.03 Å². The van der Waals surface area contributed by atoms with Crippen molar-refractivity contribution in [3.05, 3.63) is 29.8 Å². The monoisotopic (exact) mass is 320 g/mol. The Morgan fingerprint density at radius 3 is 2.52 bits per heavy atom. The van der Waals surface area contributed by atoms with Crippen molar-refractivity contribution < 1.29 is 14.6 Å². The van der Waals surface area contributed by atoms with E-state index in [4.69, 9.17) is 4.74 Å². The molecule has 23 heavy (non-hydrogen) atoms. The van der Waals surface area contributed by atoms with Crippen LogP contribution in [-0.2, 0) is 6.42 Å². The number of urea groups is 1. The Hall–Kier alpha value is -1.75. The molecule has 3 N–H and O–H groups in total. The fourth-order valence-corrected chi connectivity index (χ4v) is 2.62. The second-order valence-corrected chi connectivity index (χ2v) is 6.79. The number of carbonyl (C=O) groups is 1. The van der Waals surface area contributed by atoms with Crippen molar-refractivity contribution in [2.24, 2.45) is 5.92 Å². The maximum absolute atomic E-state index is 12.0. The topological polar surface area (TPSA) is 70.6 Å². The van der Waals surface area contributed by atoms with Gasteiger partial charge in [0.2, 0.25) is 0 Å². The van der Waals surface area contributed by atoms with Crippen molar-refractivity contribution in [2.45, 2.75) is 51.7 Å². The van der Waals surface area contributed by atoms with Gasteiger partial charge in [0, 0.05) is 6.54 Å². The van der Waals surface area contributed by atoms with Crippen LogP contribution in [0.15, 0.2) is 24.3 Å². The minimum Gasteiger partial charge on any atom is -0.491 e. The lowest BCUT2D eigenvalue weighted by molar-refractivity contribution is 0.155. The molecular formula is C18H28N2O3. The predicted octanol–water partition coefficient (Wildman–Crippen LogP) is 2.48. The van der Waals surface area contributed by atoms with E-state index in [1.165, 1.54) is 0 Å². The largest absolute Gasteiger partial charge is 0.491 e. The third-order valence-electron chi connectivity index (χ3n) is 4.20. The molecule has 5 nitrogen and oxygen atoms in total. The standard InChI is InChI=1S/C18H28N2O3/c1-13(2)23-16-8-4-14(5-9-16)10-11-19-17(22)20-18(3,12-21)15-6-7-15/h4-5,8-9,13,15,21H,6-7,10-12H2,1-3H3,(H2,19,20,22). The molecule has 1 unspecified atom stereocenters. The van der Waals surface area contributed by atoms with Gasteiger partial charge in [0.05, 0.1) is 18.2 Å². The molecule has 1 atom stereocenters. The number of aliphatic hydroxyl groups is 1. The number of ether oxygens (including phenoxy) is 1. The molecule has 0 aromatic heterocycles. The molecule has 0 saturated heterocycles. The van der Waals surface area contributed by atoms with Crippen molar-refractivity contribution in [3.8, 4) is 5.75 Å². The molecule has 1 aliphatic rings. The zero-order chi connectivity index (χ0) is 16.9. The van der Waals surface area contributed by atoms with E-state index in [-0.39, 0.29) is 18.7 Å². The van der Waals surface area contributed by atoms with Gasteiger partial charge < -0.3 is 20.5 Å². The maximum atomic E-state index is 12.0. The van der Waals surface area contributed by atoms with Crippen molar-refractivity contribution in [1.82, 2.24) is 10.6 Å². The number of benzene rings is 1. The van der Waals surface area contributed by atoms with Gasteiger partial charge in [0.15, 0.2) is 0 Å². The molecule has 0 radical (unpaired) electrons. The lowest BCUT2D eigenvalue weighted by Gasteiger charge is -2.28. The van der Waals surface area contributed by atoms with Crippen LogP contribution in [-0.4, -0.2) is 35.9 Å². The first kappa shape index (κ1) is 17.6. The number of hydrogen-bond donors (Lipinski definition) is 3. The molecule has 1 fully saturated rings. The Morgan fingerprint density at radius 1 is 1.35 bits per heavy atom. The zero-order valence-corrected chi connectivity index (χ0v) is 14.3. The second kappa shape index (κ2) is 7.68. The van der Waals surface area contributed by atoms with Crippen LogP contribution in [0.5, 0.6) is 5.75 Å². The van der Waals surface area contributed by atoms with E-state index in [9.17, 15) is 9.90 Å². The van der Waals surface area contributed by atoms with Gasteiger partial charge in [-0.3, -0.25) is 0 Å². The van der Waals surface area contributed by atoms with Crippen LogP contribution in [0.25, 0.3) is 0 Å². The molecule has 2 amide bonds. The highest BCUT2D eigenvalue weighted by molar-refractivity contribution is 5.74. The third kappa shape index (κ3) is 5.43. The Bertz CT molecular complexity index is 512. The fourth-order valence-electron chi connectivity index (χ4n) is 2.62. The number of rotatable bonds is 8. The minimum atomic E-state index is -0.500. The highest BCUT2D eigenvalue weighted by atomic mass is 16.5. The second-order valence-electron chi connectivity index (χ2n) is 6.79. The molecule has 1 aromatic carbocycles. The SMILES string of the molecule is CC(C)Oc1ccc(CCNC(=O)NC(C)(CO)C2CC2)cc1. The molecule has 0 spiro atoms.